The predicted octanol–water partition coefficient (Wildman–Crippen LogP) is 2.87. The lowest BCUT2D eigenvalue weighted by atomic mass is 10.1. The van der Waals surface area contributed by atoms with Crippen LogP contribution in [0.25, 0.3) is 0 Å². The van der Waals surface area contributed by atoms with Gasteiger partial charge in [0.05, 0.1) is 11.4 Å². The van der Waals surface area contributed by atoms with Crippen LogP contribution in [-0.4, -0.2) is 13.1 Å². The number of para-hydroxylation sites is 1. The number of hydrogen-bond acceptors (Lipinski definition) is 2. The first-order chi connectivity index (χ1) is 8.84. The summed E-state index contributed by atoms with van der Waals surface area (Å²) in [7, 11) is 0. The number of rotatable bonds is 3. The van der Waals surface area contributed by atoms with Crippen LogP contribution in [-0.2, 0) is 12.8 Å². The van der Waals surface area contributed by atoms with Gasteiger partial charge in [-0.2, -0.15) is 0 Å². The highest BCUT2D eigenvalue weighted by Gasteiger charge is 2.20. The Labute approximate surface area is 108 Å². The van der Waals surface area contributed by atoms with Crippen LogP contribution in [0.1, 0.15) is 11.1 Å². The Kier molecular flexibility index (Phi) is 2.93. The Balaban J connectivity index is 1.74. The summed E-state index contributed by atoms with van der Waals surface area (Å²) in [6.07, 6.45) is 2.20. The molecule has 92 valence electrons. The fourth-order valence-electron chi connectivity index (χ4n) is 2.70. The van der Waals surface area contributed by atoms with Crippen molar-refractivity contribution < 1.29 is 0 Å². The first-order valence-corrected chi connectivity index (χ1v) is 6.51. The Morgan fingerprint density at radius 3 is 2.67 bits per heavy atom. The van der Waals surface area contributed by atoms with E-state index in [9.17, 15) is 0 Å². The molecule has 0 saturated heterocycles. The van der Waals surface area contributed by atoms with Gasteiger partial charge >= 0.3 is 0 Å². The molecule has 1 aliphatic heterocycles. The van der Waals surface area contributed by atoms with Crippen molar-refractivity contribution in [2.75, 3.05) is 23.7 Å². The maximum absolute atomic E-state index is 6.09. The summed E-state index contributed by atoms with van der Waals surface area (Å²) in [5, 5.41) is 0. The summed E-state index contributed by atoms with van der Waals surface area (Å²) in [6.45, 7) is 2.14. The van der Waals surface area contributed by atoms with Gasteiger partial charge in [0, 0.05) is 13.1 Å². The van der Waals surface area contributed by atoms with Crippen molar-refractivity contribution in [1.29, 1.82) is 0 Å². The second kappa shape index (κ2) is 4.73. The molecule has 2 N–H and O–H groups in total. The third-order valence-corrected chi connectivity index (χ3v) is 3.63. The van der Waals surface area contributed by atoms with E-state index < -0.39 is 0 Å². The molecule has 0 amide bonds. The molecule has 0 aromatic heterocycles. The summed E-state index contributed by atoms with van der Waals surface area (Å²) in [4.78, 5) is 2.41. The van der Waals surface area contributed by atoms with E-state index in [2.05, 4.69) is 47.4 Å². The molecule has 1 aliphatic rings. The molecule has 0 atom stereocenters. The van der Waals surface area contributed by atoms with Gasteiger partial charge in [0.1, 0.15) is 0 Å². The molecule has 18 heavy (non-hydrogen) atoms. The van der Waals surface area contributed by atoms with Crippen LogP contribution in [0.2, 0.25) is 0 Å². The Morgan fingerprint density at radius 1 is 1.00 bits per heavy atom. The van der Waals surface area contributed by atoms with E-state index in [0.29, 0.717) is 0 Å². The molecule has 0 radical (unpaired) electrons. The topological polar surface area (TPSA) is 29.3 Å². The zero-order valence-electron chi connectivity index (χ0n) is 10.5. The molecule has 1 heterocycles. The van der Waals surface area contributed by atoms with Gasteiger partial charge in [-0.3, -0.25) is 0 Å². The van der Waals surface area contributed by atoms with Gasteiger partial charge in [0.15, 0.2) is 0 Å². The van der Waals surface area contributed by atoms with Gasteiger partial charge in [-0.05, 0) is 30.0 Å². The van der Waals surface area contributed by atoms with Crippen LogP contribution < -0.4 is 10.6 Å². The number of hydrogen-bond donors (Lipinski definition) is 1. The molecule has 0 unspecified atom stereocenters. The van der Waals surface area contributed by atoms with Crippen molar-refractivity contribution in [3.05, 3.63) is 59.7 Å². The molecular weight excluding hydrogens is 220 g/mol. The zero-order chi connectivity index (χ0) is 12.4. The first kappa shape index (κ1) is 11.1. The molecule has 0 bridgehead atoms. The van der Waals surface area contributed by atoms with Crippen LogP contribution >= 0.6 is 0 Å². The fraction of sp³-hybridized carbons (Fsp3) is 0.250. The minimum absolute atomic E-state index is 0.915. The minimum atomic E-state index is 0.915. The van der Waals surface area contributed by atoms with E-state index in [1.165, 1.54) is 16.8 Å². The normalized spacial score (nSPS) is 13.7. The number of benzene rings is 2. The number of nitrogens with zero attached hydrogens (tertiary/aromatic N) is 1. The summed E-state index contributed by atoms with van der Waals surface area (Å²) in [6, 6.07) is 16.9. The van der Waals surface area contributed by atoms with Gasteiger partial charge in [0.2, 0.25) is 0 Å². The highest BCUT2D eigenvalue weighted by atomic mass is 15.2. The van der Waals surface area contributed by atoms with Gasteiger partial charge in [-0.25, -0.2) is 0 Å². The van der Waals surface area contributed by atoms with Crippen molar-refractivity contribution >= 4 is 11.4 Å². The van der Waals surface area contributed by atoms with Crippen molar-refractivity contribution in [3.63, 3.8) is 0 Å². The standard InChI is InChI=1S/C16H18N2/c17-15-8-4-7-14-10-12-18(16(14)15)11-9-13-5-2-1-3-6-13/h1-8H,9-12,17H2. The smallest absolute Gasteiger partial charge is 0.0633 e. The largest absolute Gasteiger partial charge is 0.397 e. The average molecular weight is 238 g/mol. The number of fused-ring (bicyclic) bond motifs is 1. The first-order valence-electron chi connectivity index (χ1n) is 6.51. The van der Waals surface area contributed by atoms with Crippen LogP contribution in [0.3, 0.4) is 0 Å². The van der Waals surface area contributed by atoms with Crippen LogP contribution in [0.5, 0.6) is 0 Å². The second-order valence-electron chi connectivity index (χ2n) is 4.83. The highest BCUT2D eigenvalue weighted by molar-refractivity contribution is 5.74. The van der Waals surface area contributed by atoms with Crippen LogP contribution in [0, 0.1) is 0 Å². The maximum Gasteiger partial charge on any atom is 0.0633 e. The van der Waals surface area contributed by atoms with Crippen molar-refractivity contribution in [1.82, 2.24) is 0 Å². The highest BCUT2D eigenvalue weighted by Crippen LogP contribution is 2.33. The molecule has 0 spiro atoms. The molecular formula is C16H18N2. The van der Waals surface area contributed by atoms with Gasteiger partial charge in [-0.15, -0.1) is 0 Å². The SMILES string of the molecule is Nc1cccc2c1N(CCc1ccccc1)CC2. The molecule has 0 saturated carbocycles. The van der Waals surface area contributed by atoms with Gasteiger partial charge in [0.25, 0.3) is 0 Å². The molecule has 3 rings (SSSR count). The lowest BCUT2D eigenvalue weighted by Gasteiger charge is -2.20. The van der Waals surface area contributed by atoms with E-state index >= 15 is 0 Å². The summed E-state index contributed by atoms with van der Waals surface area (Å²) < 4.78 is 0. The minimum Gasteiger partial charge on any atom is -0.397 e. The average Bonchev–Trinajstić information content (AvgIpc) is 2.82. The van der Waals surface area contributed by atoms with E-state index in [4.69, 9.17) is 5.73 Å². The lowest BCUT2D eigenvalue weighted by Crippen LogP contribution is -2.24. The zero-order valence-corrected chi connectivity index (χ0v) is 10.5. The monoisotopic (exact) mass is 238 g/mol. The van der Waals surface area contributed by atoms with Crippen molar-refractivity contribution in [3.8, 4) is 0 Å². The molecule has 2 aromatic carbocycles. The maximum atomic E-state index is 6.09. The molecule has 0 fully saturated rings. The van der Waals surface area contributed by atoms with Crippen molar-refractivity contribution in [2.24, 2.45) is 0 Å². The number of nitrogen functional groups attached to an aromatic ring is 1. The van der Waals surface area contributed by atoms with Gasteiger partial charge in [-0.1, -0.05) is 42.5 Å². The summed E-state index contributed by atoms with van der Waals surface area (Å²) >= 11 is 0. The molecule has 2 nitrogen and oxygen atoms in total. The third-order valence-electron chi connectivity index (χ3n) is 3.63. The number of anilines is 2. The van der Waals surface area contributed by atoms with Gasteiger partial charge < -0.3 is 10.6 Å². The van der Waals surface area contributed by atoms with Crippen molar-refractivity contribution in [2.45, 2.75) is 12.8 Å². The second-order valence-corrected chi connectivity index (χ2v) is 4.83. The quantitative estimate of drug-likeness (QED) is 0.833. The van der Waals surface area contributed by atoms with Crippen LogP contribution in [0.15, 0.2) is 48.5 Å². The Morgan fingerprint density at radius 2 is 1.83 bits per heavy atom. The van der Waals surface area contributed by atoms with E-state index in [1.807, 2.05) is 6.07 Å². The Hall–Kier alpha value is -1.96. The Bertz CT molecular complexity index is 534. The molecule has 0 aliphatic carbocycles. The molecule has 2 aromatic rings. The lowest BCUT2D eigenvalue weighted by molar-refractivity contribution is 0.814. The van der Waals surface area contributed by atoms with E-state index in [1.54, 1.807) is 0 Å². The third kappa shape index (κ3) is 2.06. The summed E-state index contributed by atoms with van der Waals surface area (Å²) in [5.74, 6) is 0. The van der Waals surface area contributed by atoms with E-state index in [-0.39, 0.29) is 0 Å². The van der Waals surface area contributed by atoms with E-state index in [0.717, 1.165) is 31.6 Å². The summed E-state index contributed by atoms with van der Waals surface area (Å²) in [5.41, 5.74) is 11.0. The van der Waals surface area contributed by atoms with Crippen LogP contribution in [0.4, 0.5) is 11.4 Å². The fourth-order valence-corrected chi connectivity index (χ4v) is 2.70. The predicted molar refractivity (Wildman–Crippen MR) is 76.9 cm³/mol. The molecule has 2 heteroatoms. The number of nitrogens with two attached hydrogens (primary N) is 1.